The Bertz CT molecular complexity index is 656. The molecule has 0 saturated carbocycles. The molecule has 1 aromatic carbocycles. The van der Waals surface area contributed by atoms with Crippen LogP contribution in [0.25, 0.3) is 10.9 Å². The van der Waals surface area contributed by atoms with Crippen LogP contribution in [0.4, 0.5) is 5.69 Å². The molecule has 0 spiro atoms. The number of benzene rings is 1. The molecule has 1 saturated heterocycles. The zero-order chi connectivity index (χ0) is 13.9. The summed E-state index contributed by atoms with van der Waals surface area (Å²) in [5.41, 5.74) is 2.56. The molecule has 1 fully saturated rings. The Morgan fingerprint density at radius 1 is 1.30 bits per heavy atom. The van der Waals surface area contributed by atoms with Crippen LogP contribution < -0.4 is 4.90 Å². The number of nitrogens with zero attached hydrogens (tertiary/aromatic N) is 3. The van der Waals surface area contributed by atoms with Gasteiger partial charge in [-0.05, 0) is 18.9 Å². The van der Waals surface area contributed by atoms with Crippen molar-refractivity contribution in [2.75, 3.05) is 25.2 Å². The third-order valence-electron chi connectivity index (χ3n) is 3.96. The topological polar surface area (TPSA) is 49.2 Å². The molecule has 4 heteroatoms. The molecule has 1 aliphatic rings. The second kappa shape index (κ2) is 5.48. The highest BCUT2D eigenvalue weighted by Crippen LogP contribution is 2.31. The quantitative estimate of drug-likeness (QED) is 0.839. The second-order valence-corrected chi connectivity index (χ2v) is 5.10. The maximum atomic E-state index is 9.38. The average Bonchev–Trinajstić information content (AvgIpc) is 2.54. The summed E-state index contributed by atoms with van der Waals surface area (Å²) in [6, 6.07) is 10.7. The maximum Gasteiger partial charge on any atom is 0.103 e. The number of nitriles is 1. The van der Waals surface area contributed by atoms with Crippen molar-refractivity contribution in [3.63, 3.8) is 0 Å². The van der Waals surface area contributed by atoms with Gasteiger partial charge in [0, 0.05) is 37.9 Å². The van der Waals surface area contributed by atoms with E-state index < -0.39 is 0 Å². The number of hydrogen-bond donors (Lipinski definition) is 0. The summed E-state index contributed by atoms with van der Waals surface area (Å²) >= 11 is 0. The van der Waals surface area contributed by atoms with Crippen LogP contribution in [0.1, 0.15) is 18.4 Å². The molecule has 0 radical (unpaired) electrons. The van der Waals surface area contributed by atoms with Crippen LogP contribution in [0.3, 0.4) is 0 Å². The number of pyridine rings is 1. The standard InChI is InChI=1S/C16H17N3O/c1-19(13-6-8-20-9-7-13)16-12(10-17)11-18-15-5-3-2-4-14(15)16/h2-5,11,13H,6-9H2,1H3. The summed E-state index contributed by atoms with van der Waals surface area (Å²) in [6.07, 6.45) is 3.67. The number of fused-ring (bicyclic) bond motifs is 1. The smallest absolute Gasteiger partial charge is 0.103 e. The van der Waals surface area contributed by atoms with Crippen molar-refractivity contribution in [3.8, 4) is 6.07 Å². The molecule has 0 amide bonds. The molecule has 102 valence electrons. The van der Waals surface area contributed by atoms with Gasteiger partial charge in [0.25, 0.3) is 0 Å². The second-order valence-electron chi connectivity index (χ2n) is 5.10. The minimum atomic E-state index is 0.418. The first-order chi connectivity index (χ1) is 9.81. The van der Waals surface area contributed by atoms with Crippen LogP contribution in [0, 0.1) is 11.3 Å². The molecule has 1 aliphatic heterocycles. The summed E-state index contributed by atoms with van der Waals surface area (Å²) in [5.74, 6) is 0. The summed E-state index contributed by atoms with van der Waals surface area (Å²) < 4.78 is 5.43. The Kier molecular flexibility index (Phi) is 3.53. The molecule has 0 N–H and O–H groups in total. The van der Waals surface area contributed by atoms with Crippen LogP contribution in [-0.4, -0.2) is 31.3 Å². The van der Waals surface area contributed by atoms with Gasteiger partial charge in [-0.15, -0.1) is 0 Å². The average molecular weight is 267 g/mol. The van der Waals surface area contributed by atoms with Crippen molar-refractivity contribution >= 4 is 16.6 Å². The van der Waals surface area contributed by atoms with Crippen LogP contribution in [0.2, 0.25) is 0 Å². The summed E-state index contributed by atoms with van der Waals surface area (Å²) in [4.78, 5) is 6.59. The lowest BCUT2D eigenvalue weighted by Crippen LogP contribution is -2.37. The van der Waals surface area contributed by atoms with E-state index in [9.17, 15) is 5.26 Å². The van der Waals surface area contributed by atoms with Gasteiger partial charge in [0.15, 0.2) is 0 Å². The molecule has 0 unspecified atom stereocenters. The minimum absolute atomic E-state index is 0.418. The molecular formula is C16H17N3O. The van der Waals surface area contributed by atoms with Gasteiger partial charge in [0.1, 0.15) is 6.07 Å². The molecular weight excluding hydrogens is 250 g/mol. The first-order valence-corrected chi connectivity index (χ1v) is 6.89. The van der Waals surface area contributed by atoms with E-state index in [-0.39, 0.29) is 0 Å². The van der Waals surface area contributed by atoms with E-state index >= 15 is 0 Å². The highest BCUT2D eigenvalue weighted by Gasteiger charge is 2.22. The third-order valence-corrected chi connectivity index (χ3v) is 3.96. The van der Waals surface area contributed by atoms with E-state index in [0.29, 0.717) is 11.6 Å². The summed E-state index contributed by atoms with van der Waals surface area (Å²) in [6.45, 7) is 1.58. The van der Waals surface area contributed by atoms with E-state index in [1.807, 2.05) is 24.3 Å². The lowest BCUT2D eigenvalue weighted by molar-refractivity contribution is 0.0855. The zero-order valence-electron chi connectivity index (χ0n) is 11.5. The first-order valence-electron chi connectivity index (χ1n) is 6.89. The zero-order valence-corrected chi connectivity index (χ0v) is 11.5. The van der Waals surface area contributed by atoms with Crippen molar-refractivity contribution in [1.29, 1.82) is 5.26 Å². The predicted molar refractivity (Wildman–Crippen MR) is 78.7 cm³/mol. The van der Waals surface area contributed by atoms with Gasteiger partial charge in [-0.25, -0.2) is 0 Å². The predicted octanol–water partition coefficient (Wildman–Crippen LogP) is 2.72. The van der Waals surface area contributed by atoms with Crippen molar-refractivity contribution in [1.82, 2.24) is 4.98 Å². The van der Waals surface area contributed by atoms with Crippen molar-refractivity contribution in [3.05, 3.63) is 36.0 Å². The Morgan fingerprint density at radius 3 is 2.80 bits per heavy atom. The first kappa shape index (κ1) is 12.9. The van der Waals surface area contributed by atoms with Crippen molar-refractivity contribution in [2.24, 2.45) is 0 Å². The summed E-state index contributed by atoms with van der Waals surface area (Å²) in [7, 11) is 2.07. The highest BCUT2D eigenvalue weighted by atomic mass is 16.5. The van der Waals surface area contributed by atoms with Crippen LogP contribution in [0.15, 0.2) is 30.5 Å². The monoisotopic (exact) mass is 267 g/mol. The number of para-hydroxylation sites is 1. The Hall–Kier alpha value is -2.12. The van der Waals surface area contributed by atoms with Gasteiger partial charge in [-0.2, -0.15) is 5.26 Å². The van der Waals surface area contributed by atoms with Gasteiger partial charge < -0.3 is 9.64 Å². The molecule has 0 bridgehead atoms. The van der Waals surface area contributed by atoms with E-state index in [1.54, 1.807) is 6.20 Å². The third kappa shape index (κ3) is 2.21. The van der Waals surface area contributed by atoms with Gasteiger partial charge in [0.2, 0.25) is 0 Å². The molecule has 20 heavy (non-hydrogen) atoms. The maximum absolute atomic E-state index is 9.38. The van der Waals surface area contributed by atoms with Gasteiger partial charge in [-0.1, -0.05) is 18.2 Å². The van der Waals surface area contributed by atoms with Crippen molar-refractivity contribution in [2.45, 2.75) is 18.9 Å². The normalized spacial score (nSPS) is 16.0. The fraction of sp³-hybridized carbons (Fsp3) is 0.375. The van der Waals surface area contributed by atoms with Gasteiger partial charge in [0.05, 0.1) is 16.8 Å². The molecule has 3 rings (SSSR count). The number of anilines is 1. The van der Waals surface area contributed by atoms with Crippen LogP contribution in [-0.2, 0) is 4.74 Å². The minimum Gasteiger partial charge on any atom is -0.381 e. The molecule has 0 atom stereocenters. The number of ether oxygens (including phenoxy) is 1. The fourth-order valence-corrected chi connectivity index (χ4v) is 2.84. The summed E-state index contributed by atoms with van der Waals surface area (Å²) in [5, 5.41) is 10.4. The molecule has 4 nitrogen and oxygen atoms in total. The van der Waals surface area contributed by atoms with Crippen LogP contribution >= 0.6 is 0 Å². The molecule has 2 heterocycles. The fourth-order valence-electron chi connectivity index (χ4n) is 2.84. The highest BCUT2D eigenvalue weighted by molar-refractivity contribution is 5.94. The Balaban J connectivity index is 2.10. The van der Waals surface area contributed by atoms with E-state index in [0.717, 1.165) is 42.6 Å². The molecule has 0 aliphatic carbocycles. The Labute approximate surface area is 118 Å². The molecule has 1 aromatic heterocycles. The lowest BCUT2D eigenvalue weighted by Gasteiger charge is -2.34. The van der Waals surface area contributed by atoms with E-state index in [2.05, 4.69) is 23.0 Å². The van der Waals surface area contributed by atoms with Gasteiger partial charge >= 0.3 is 0 Å². The number of rotatable bonds is 2. The van der Waals surface area contributed by atoms with Gasteiger partial charge in [-0.3, -0.25) is 4.98 Å². The van der Waals surface area contributed by atoms with Crippen molar-refractivity contribution < 1.29 is 4.74 Å². The number of aromatic nitrogens is 1. The molecule has 2 aromatic rings. The lowest BCUT2D eigenvalue weighted by atomic mass is 10.0. The SMILES string of the molecule is CN(c1c(C#N)cnc2ccccc12)C1CCOCC1. The Morgan fingerprint density at radius 2 is 2.05 bits per heavy atom. The van der Waals surface area contributed by atoms with E-state index in [1.165, 1.54) is 0 Å². The largest absolute Gasteiger partial charge is 0.381 e. The number of hydrogen-bond acceptors (Lipinski definition) is 4. The van der Waals surface area contributed by atoms with E-state index in [4.69, 9.17) is 4.74 Å². The van der Waals surface area contributed by atoms with Crippen LogP contribution in [0.5, 0.6) is 0 Å².